The maximum atomic E-state index is 11.5. The first kappa shape index (κ1) is 13.2. The fourth-order valence-corrected chi connectivity index (χ4v) is 2.29. The summed E-state index contributed by atoms with van der Waals surface area (Å²) in [6.07, 6.45) is 0.784. The van der Waals surface area contributed by atoms with Crippen LogP contribution in [0.5, 0.6) is 0 Å². The molecule has 0 aromatic heterocycles. The van der Waals surface area contributed by atoms with Gasteiger partial charge in [0.2, 0.25) is 5.91 Å². The molecule has 1 aliphatic heterocycles. The van der Waals surface area contributed by atoms with Gasteiger partial charge in [0, 0.05) is 6.54 Å². The molecule has 1 aliphatic rings. The van der Waals surface area contributed by atoms with Crippen molar-refractivity contribution in [3.05, 3.63) is 0 Å². The molecule has 0 aliphatic carbocycles. The van der Waals surface area contributed by atoms with E-state index in [0.717, 1.165) is 4.90 Å². The Labute approximate surface area is 92.2 Å². The zero-order valence-electron chi connectivity index (χ0n) is 8.57. The molecule has 1 atom stereocenters. The van der Waals surface area contributed by atoms with Gasteiger partial charge in [-0.2, -0.15) is 0 Å². The Bertz CT molecular complexity index is 337. The number of aliphatic carboxylic acids is 1. The molecule has 1 unspecified atom stereocenters. The van der Waals surface area contributed by atoms with E-state index in [2.05, 4.69) is 0 Å². The predicted octanol–water partition coefficient (Wildman–Crippen LogP) is -0.370. The first-order valence-electron chi connectivity index (χ1n) is 4.88. The van der Waals surface area contributed by atoms with Gasteiger partial charge in [0.05, 0.1) is 0 Å². The summed E-state index contributed by atoms with van der Waals surface area (Å²) < 4.78 is 10.7. The summed E-state index contributed by atoms with van der Waals surface area (Å²) in [6, 6.07) is -0.951. The third kappa shape index (κ3) is 3.59. The minimum atomic E-state index is -4.43. The van der Waals surface area contributed by atoms with E-state index in [1.54, 1.807) is 0 Å². The van der Waals surface area contributed by atoms with Gasteiger partial charge in [0.25, 0.3) is 0 Å². The van der Waals surface area contributed by atoms with Crippen LogP contribution in [0.25, 0.3) is 0 Å². The Hall–Kier alpha value is -0.910. The summed E-state index contributed by atoms with van der Waals surface area (Å²) in [6.45, 7) is 0.246. The number of rotatable bonds is 3. The second-order valence-electron chi connectivity index (χ2n) is 3.76. The molecule has 16 heavy (non-hydrogen) atoms. The highest BCUT2D eigenvalue weighted by atomic mass is 31.2. The van der Waals surface area contributed by atoms with Gasteiger partial charge < -0.3 is 19.8 Å². The van der Waals surface area contributed by atoms with Crippen molar-refractivity contribution in [2.45, 2.75) is 25.3 Å². The van der Waals surface area contributed by atoms with Crippen molar-refractivity contribution in [2.24, 2.45) is 0 Å². The van der Waals surface area contributed by atoms with Crippen molar-refractivity contribution in [3.63, 3.8) is 0 Å². The third-order valence-electron chi connectivity index (χ3n) is 2.45. The molecule has 7 nitrogen and oxygen atoms in total. The molecule has 0 aromatic carbocycles. The average Bonchev–Trinajstić information content (AvgIpc) is 2.15. The Morgan fingerprint density at radius 1 is 1.31 bits per heavy atom. The summed E-state index contributed by atoms with van der Waals surface area (Å²) in [5.41, 5.74) is 0. The Morgan fingerprint density at radius 2 is 1.94 bits per heavy atom. The second kappa shape index (κ2) is 4.95. The zero-order chi connectivity index (χ0) is 12.3. The molecular weight excluding hydrogens is 237 g/mol. The van der Waals surface area contributed by atoms with Crippen LogP contribution in [0, 0.1) is 0 Å². The lowest BCUT2D eigenvalue weighted by atomic mass is 10.0. The first-order valence-corrected chi connectivity index (χ1v) is 6.68. The fourth-order valence-electron chi connectivity index (χ4n) is 1.75. The van der Waals surface area contributed by atoms with Crippen LogP contribution >= 0.6 is 7.60 Å². The fraction of sp³-hybridized carbons (Fsp3) is 0.750. The molecule has 1 saturated heterocycles. The number of amides is 1. The average molecular weight is 251 g/mol. The lowest BCUT2D eigenvalue weighted by Gasteiger charge is -2.32. The standard InChI is InChI=1S/C8H14NO6P/c10-7(5-16(13,14)15)9-4-2-1-3-6(9)8(11)12/h6H,1-5H2,(H,11,12)(H2,13,14,15). The molecule has 0 aromatic rings. The predicted molar refractivity (Wildman–Crippen MR) is 53.9 cm³/mol. The van der Waals surface area contributed by atoms with E-state index in [0.29, 0.717) is 19.3 Å². The number of carboxylic acid groups (broad SMARTS) is 1. The minimum Gasteiger partial charge on any atom is -0.480 e. The van der Waals surface area contributed by atoms with Gasteiger partial charge in [-0.1, -0.05) is 0 Å². The van der Waals surface area contributed by atoms with Crippen molar-refractivity contribution < 1.29 is 29.0 Å². The normalized spacial score (nSPS) is 21.9. The highest BCUT2D eigenvalue weighted by Gasteiger charge is 2.34. The monoisotopic (exact) mass is 251 g/mol. The van der Waals surface area contributed by atoms with Crippen LogP contribution in [0.4, 0.5) is 0 Å². The smallest absolute Gasteiger partial charge is 0.334 e. The summed E-state index contributed by atoms with van der Waals surface area (Å²) >= 11 is 0. The van der Waals surface area contributed by atoms with E-state index in [-0.39, 0.29) is 6.54 Å². The largest absolute Gasteiger partial charge is 0.480 e. The molecule has 0 radical (unpaired) electrons. The third-order valence-corrected chi connectivity index (χ3v) is 3.13. The van der Waals surface area contributed by atoms with Crippen LogP contribution in [0.2, 0.25) is 0 Å². The Balaban J connectivity index is 2.72. The van der Waals surface area contributed by atoms with Crippen molar-refractivity contribution in [2.75, 3.05) is 12.7 Å². The van der Waals surface area contributed by atoms with Gasteiger partial charge in [0.1, 0.15) is 12.2 Å². The van der Waals surface area contributed by atoms with E-state index in [4.69, 9.17) is 14.9 Å². The molecule has 3 N–H and O–H groups in total. The van der Waals surface area contributed by atoms with Gasteiger partial charge in [-0.15, -0.1) is 0 Å². The number of hydrogen-bond acceptors (Lipinski definition) is 3. The van der Waals surface area contributed by atoms with Gasteiger partial charge in [-0.3, -0.25) is 9.36 Å². The summed E-state index contributed by atoms with van der Waals surface area (Å²) in [5.74, 6) is -1.92. The van der Waals surface area contributed by atoms with Crippen molar-refractivity contribution in [1.82, 2.24) is 4.90 Å². The maximum absolute atomic E-state index is 11.5. The van der Waals surface area contributed by atoms with E-state index >= 15 is 0 Å². The molecule has 1 rings (SSSR count). The van der Waals surface area contributed by atoms with Crippen molar-refractivity contribution in [3.8, 4) is 0 Å². The number of likely N-dealkylation sites (tertiary alicyclic amines) is 1. The number of carboxylic acids is 1. The first-order chi connectivity index (χ1) is 7.31. The number of piperidine rings is 1. The number of hydrogen-bond donors (Lipinski definition) is 3. The van der Waals surface area contributed by atoms with Crippen LogP contribution < -0.4 is 0 Å². The van der Waals surface area contributed by atoms with E-state index in [1.165, 1.54) is 0 Å². The van der Waals surface area contributed by atoms with Gasteiger partial charge in [-0.05, 0) is 19.3 Å². The number of carbonyl (C=O) groups excluding carboxylic acids is 1. The zero-order valence-corrected chi connectivity index (χ0v) is 9.47. The molecular formula is C8H14NO6P. The molecule has 1 heterocycles. The molecule has 8 heteroatoms. The second-order valence-corrected chi connectivity index (χ2v) is 5.41. The lowest BCUT2D eigenvalue weighted by Crippen LogP contribution is -2.48. The number of nitrogens with zero attached hydrogens (tertiary/aromatic N) is 1. The van der Waals surface area contributed by atoms with Gasteiger partial charge >= 0.3 is 13.6 Å². The summed E-state index contributed by atoms with van der Waals surface area (Å²) in [5, 5.41) is 8.87. The number of carbonyl (C=O) groups is 2. The Kier molecular flexibility index (Phi) is 4.07. The van der Waals surface area contributed by atoms with Crippen LogP contribution in [-0.2, 0) is 14.2 Å². The maximum Gasteiger partial charge on any atom is 0.334 e. The quantitative estimate of drug-likeness (QED) is 0.589. The molecule has 1 fully saturated rings. The molecule has 0 bridgehead atoms. The molecule has 92 valence electrons. The van der Waals surface area contributed by atoms with Crippen LogP contribution in [0.3, 0.4) is 0 Å². The SMILES string of the molecule is O=C(O)C1CCCCN1C(=O)CP(=O)(O)O. The van der Waals surface area contributed by atoms with E-state index in [1.807, 2.05) is 0 Å². The topological polar surface area (TPSA) is 115 Å². The van der Waals surface area contributed by atoms with Gasteiger partial charge in [-0.25, -0.2) is 4.79 Å². The van der Waals surface area contributed by atoms with Crippen LogP contribution in [0.15, 0.2) is 0 Å². The summed E-state index contributed by atoms with van der Waals surface area (Å²) in [7, 11) is -4.43. The van der Waals surface area contributed by atoms with E-state index < -0.39 is 31.7 Å². The van der Waals surface area contributed by atoms with Crippen LogP contribution in [-0.4, -0.2) is 50.4 Å². The minimum absolute atomic E-state index is 0.246. The Morgan fingerprint density at radius 3 is 2.44 bits per heavy atom. The molecule has 0 spiro atoms. The van der Waals surface area contributed by atoms with E-state index in [9.17, 15) is 14.2 Å². The molecule has 1 amide bonds. The summed E-state index contributed by atoms with van der Waals surface area (Å²) in [4.78, 5) is 40.7. The lowest BCUT2D eigenvalue weighted by molar-refractivity contribution is -0.151. The molecule has 0 saturated carbocycles. The highest BCUT2D eigenvalue weighted by molar-refractivity contribution is 7.52. The van der Waals surface area contributed by atoms with Crippen molar-refractivity contribution >= 4 is 19.5 Å². The van der Waals surface area contributed by atoms with Crippen molar-refractivity contribution in [1.29, 1.82) is 0 Å². The highest BCUT2D eigenvalue weighted by Crippen LogP contribution is 2.35. The van der Waals surface area contributed by atoms with Gasteiger partial charge in [0.15, 0.2) is 0 Å². The van der Waals surface area contributed by atoms with Crippen LogP contribution in [0.1, 0.15) is 19.3 Å².